The minimum atomic E-state index is -0.420. The van der Waals surface area contributed by atoms with Crippen LogP contribution in [0.3, 0.4) is 0 Å². The van der Waals surface area contributed by atoms with Crippen molar-refractivity contribution in [1.82, 2.24) is 9.88 Å². The molecule has 1 heterocycles. The van der Waals surface area contributed by atoms with E-state index < -0.39 is 5.97 Å². The molecule has 0 atom stereocenters. The quantitative estimate of drug-likeness (QED) is 0.498. The summed E-state index contributed by atoms with van der Waals surface area (Å²) in [5, 5.41) is 2.42. The van der Waals surface area contributed by atoms with Crippen molar-refractivity contribution in [2.24, 2.45) is 0 Å². The van der Waals surface area contributed by atoms with E-state index in [0.29, 0.717) is 31.0 Å². The van der Waals surface area contributed by atoms with Gasteiger partial charge in [-0.25, -0.2) is 9.78 Å². The second-order valence-corrected chi connectivity index (χ2v) is 6.59. The van der Waals surface area contributed by atoms with Crippen molar-refractivity contribution < 1.29 is 14.3 Å². The molecule has 5 nitrogen and oxygen atoms in total. The van der Waals surface area contributed by atoms with E-state index in [1.54, 1.807) is 17.2 Å². The van der Waals surface area contributed by atoms with Crippen LogP contribution in [0.1, 0.15) is 59.0 Å². The van der Waals surface area contributed by atoms with E-state index >= 15 is 0 Å². The highest BCUT2D eigenvalue weighted by Crippen LogP contribution is 2.16. The highest BCUT2D eigenvalue weighted by molar-refractivity contribution is 7.09. The molecule has 1 amide bonds. The molecule has 0 aliphatic carbocycles. The van der Waals surface area contributed by atoms with Crippen molar-refractivity contribution in [2.45, 2.75) is 39.7 Å². The Labute approximate surface area is 152 Å². The maximum atomic E-state index is 12.8. The Bertz CT molecular complexity index is 685. The van der Waals surface area contributed by atoms with Crippen molar-refractivity contribution in [3.63, 3.8) is 0 Å². The number of unbranched alkanes of at least 4 members (excludes halogenated alkanes) is 2. The predicted molar refractivity (Wildman–Crippen MR) is 98.8 cm³/mol. The number of esters is 1. The van der Waals surface area contributed by atoms with Gasteiger partial charge in [0.05, 0.1) is 13.2 Å². The smallest absolute Gasteiger partial charge is 0.357 e. The van der Waals surface area contributed by atoms with Gasteiger partial charge in [-0.2, -0.15) is 0 Å². The first-order valence-corrected chi connectivity index (χ1v) is 9.49. The van der Waals surface area contributed by atoms with Crippen LogP contribution in [0.2, 0.25) is 0 Å². The molecule has 0 N–H and O–H groups in total. The normalized spacial score (nSPS) is 10.5. The number of benzene rings is 1. The number of carbonyl (C=O) groups excluding carboxylic acids is 2. The van der Waals surface area contributed by atoms with Crippen LogP contribution in [0.5, 0.6) is 0 Å². The molecular weight excluding hydrogens is 336 g/mol. The van der Waals surface area contributed by atoms with Crippen molar-refractivity contribution in [3.8, 4) is 0 Å². The summed E-state index contributed by atoms with van der Waals surface area (Å²) in [6, 6.07) is 9.26. The monoisotopic (exact) mass is 360 g/mol. The molecule has 0 fully saturated rings. The predicted octanol–water partition coefficient (Wildman–Crippen LogP) is 4.15. The van der Waals surface area contributed by atoms with Crippen molar-refractivity contribution in [3.05, 3.63) is 52.0 Å². The Kier molecular flexibility index (Phi) is 7.60. The first-order valence-electron chi connectivity index (χ1n) is 8.61. The van der Waals surface area contributed by atoms with Crippen LogP contribution in [-0.4, -0.2) is 34.9 Å². The van der Waals surface area contributed by atoms with Gasteiger partial charge in [0.2, 0.25) is 0 Å². The Morgan fingerprint density at radius 1 is 1.16 bits per heavy atom. The molecular formula is C19H24N2O3S. The molecule has 1 aromatic carbocycles. The molecule has 0 radical (unpaired) electrons. The zero-order valence-corrected chi connectivity index (χ0v) is 15.6. The molecule has 134 valence electrons. The molecule has 1 aromatic heterocycles. The summed E-state index contributed by atoms with van der Waals surface area (Å²) in [4.78, 5) is 30.7. The molecule has 2 rings (SSSR count). The number of hydrogen-bond acceptors (Lipinski definition) is 5. The highest BCUT2D eigenvalue weighted by atomic mass is 32.1. The fourth-order valence-electron chi connectivity index (χ4n) is 2.41. The molecule has 25 heavy (non-hydrogen) atoms. The van der Waals surface area contributed by atoms with Gasteiger partial charge in [0.15, 0.2) is 5.69 Å². The van der Waals surface area contributed by atoms with E-state index in [4.69, 9.17) is 4.74 Å². The van der Waals surface area contributed by atoms with Gasteiger partial charge < -0.3 is 9.64 Å². The molecule has 0 saturated heterocycles. The lowest BCUT2D eigenvalue weighted by molar-refractivity contribution is 0.0520. The average molecular weight is 360 g/mol. The van der Waals surface area contributed by atoms with E-state index in [2.05, 4.69) is 11.9 Å². The van der Waals surface area contributed by atoms with Gasteiger partial charge in [-0.15, -0.1) is 11.3 Å². The minimum absolute atomic E-state index is 0.00964. The van der Waals surface area contributed by atoms with Crippen molar-refractivity contribution in [2.75, 3.05) is 13.2 Å². The number of nitrogens with zero attached hydrogens (tertiary/aromatic N) is 2. The Morgan fingerprint density at radius 3 is 2.60 bits per heavy atom. The van der Waals surface area contributed by atoms with E-state index in [0.717, 1.165) is 24.3 Å². The third kappa shape index (κ3) is 5.67. The van der Waals surface area contributed by atoms with Gasteiger partial charge in [0.25, 0.3) is 5.91 Å². The van der Waals surface area contributed by atoms with Crippen LogP contribution in [0.25, 0.3) is 0 Å². The summed E-state index contributed by atoms with van der Waals surface area (Å²) in [5.74, 6) is -0.429. The molecule has 0 spiro atoms. The molecule has 0 saturated carbocycles. The summed E-state index contributed by atoms with van der Waals surface area (Å²) in [6.07, 6.45) is 3.12. The number of hydrogen-bond donors (Lipinski definition) is 0. The zero-order chi connectivity index (χ0) is 18.1. The number of amides is 1. The van der Waals surface area contributed by atoms with Gasteiger partial charge >= 0.3 is 5.97 Å². The Hall–Kier alpha value is -2.21. The van der Waals surface area contributed by atoms with E-state index in [-0.39, 0.29) is 5.91 Å². The fourth-order valence-corrected chi connectivity index (χ4v) is 3.19. The fraction of sp³-hybridized carbons (Fsp3) is 0.421. The number of rotatable bonds is 9. The summed E-state index contributed by atoms with van der Waals surface area (Å²) in [6.45, 7) is 5.30. The first kappa shape index (κ1) is 19.1. The highest BCUT2D eigenvalue weighted by Gasteiger charge is 2.18. The van der Waals surface area contributed by atoms with E-state index in [9.17, 15) is 9.59 Å². The number of ether oxygens (including phenoxy) is 1. The first-order chi connectivity index (χ1) is 12.2. The summed E-state index contributed by atoms with van der Waals surface area (Å²) in [7, 11) is 0. The average Bonchev–Trinajstić information content (AvgIpc) is 3.10. The van der Waals surface area contributed by atoms with Crippen molar-refractivity contribution in [1.29, 1.82) is 0 Å². The van der Waals surface area contributed by atoms with Crippen LogP contribution < -0.4 is 0 Å². The Morgan fingerprint density at radius 2 is 1.92 bits per heavy atom. The lowest BCUT2D eigenvalue weighted by Gasteiger charge is -2.21. The van der Waals surface area contributed by atoms with Crippen LogP contribution in [-0.2, 0) is 11.3 Å². The largest absolute Gasteiger partial charge is 0.461 e. The third-order valence-electron chi connectivity index (χ3n) is 3.70. The van der Waals surface area contributed by atoms with E-state index in [1.807, 2.05) is 30.3 Å². The van der Waals surface area contributed by atoms with Crippen molar-refractivity contribution >= 4 is 23.2 Å². The molecule has 0 bridgehead atoms. The number of thiazole rings is 1. The second-order valence-electron chi connectivity index (χ2n) is 5.65. The van der Waals surface area contributed by atoms with Gasteiger partial charge in [0.1, 0.15) is 5.01 Å². The maximum Gasteiger partial charge on any atom is 0.357 e. The van der Waals surface area contributed by atoms with Gasteiger partial charge in [0, 0.05) is 17.5 Å². The second kappa shape index (κ2) is 9.93. The van der Waals surface area contributed by atoms with Gasteiger partial charge in [-0.3, -0.25) is 4.79 Å². The van der Waals surface area contributed by atoms with Gasteiger partial charge in [-0.05, 0) is 25.5 Å². The van der Waals surface area contributed by atoms with E-state index in [1.165, 1.54) is 11.3 Å². The molecule has 0 aliphatic rings. The minimum Gasteiger partial charge on any atom is -0.461 e. The molecule has 0 unspecified atom stereocenters. The third-order valence-corrected chi connectivity index (χ3v) is 4.54. The standard InChI is InChI=1S/C19H24N2O3S/c1-3-5-9-12-21(18(22)15-10-7-6-8-11-15)13-17-20-16(14-25-17)19(23)24-4-2/h6-8,10-11,14H,3-5,9,12-13H2,1-2H3. The summed E-state index contributed by atoms with van der Waals surface area (Å²) >= 11 is 1.38. The topological polar surface area (TPSA) is 59.5 Å². The SMILES string of the molecule is CCCCCN(Cc1nc(C(=O)OCC)cs1)C(=O)c1ccccc1. The molecule has 0 aliphatic heterocycles. The summed E-state index contributed by atoms with van der Waals surface area (Å²) in [5.41, 5.74) is 0.976. The molecule has 2 aromatic rings. The number of aromatic nitrogens is 1. The summed E-state index contributed by atoms with van der Waals surface area (Å²) < 4.78 is 4.97. The van der Waals surface area contributed by atoms with Crippen LogP contribution in [0.15, 0.2) is 35.7 Å². The Balaban J connectivity index is 2.10. The zero-order valence-electron chi connectivity index (χ0n) is 14.7. The lowest BCUT2D eigenvalue weighted by atomic mass is 10.2. The lowest BCUT2D eigenvalue weighted by Crippen LogP contribution is -2.31. The van der Waals surface area contributed by atoms with Crippen LogP contribution in [0, 0.1) is 0 Å². The number of carbonyl (C=O) groups is 2. The maximum absolute atomic E-state index is 12.8. The van der Waals surface area contributed by atoms with Gasteiger partial charge in [-0.1, -0.05) is 38.0 Å². The van der Waals surface area contributed by atoms with Crippen LogP contribution in [0.4, 0.5) is 0 Å². The molecule has 6 heteroatoms. The van der Waals surface area contributed by atoms with Crippen LogP contribution >= 0.6 is 11.3 Å².